The molecule has 10 nitrogen and oxygen atoms in total. The molecule has 4 N–H and O–H groups in total. The summed E-state index contributed by atoms with van der Waals surface area (Å²) in [5.74, 6) is 0.354. The molecule has 1 aliphatic heterocycles. The lowest BCUT2D eigenvalue weighted by atomic mass is 9.99. The molecule has 0 radical (unpaired) electrons. The topological polar surface area (TPSA) is 152 Å². The van der Waals surface area contributed by atoms with Crippen molar-refractivity contribution >= 4 is 6.08 Å². The molecule has 5 unspecified atom stereocenters. The third kappa shape index (κ3) is 4.44. The normalized spacial score (nSPS) is 29.6. The van der Waals surface area contributed by atoms with Crippen molar-refractivity contribution in [3.05, 3.63) is 40.1 Å². The number of nitrogens with zero attached hydrogens (tertiary/aromatic N) is 1. The molecule has 0 saturated carbocycles. The highest BCUT2D eigenvalue weighted by Gasteiger charge is 2.44. The number of hydrogen-bond donors (Lipinski definition) is 4. The first-order valence-corrected chi connectivity index (χ1v) is 7.34. The highest BCUT2D eigenvalue weighted by molar-refractivity contribution is 5.55. The Bertz CT molecular complexity index is 633. The Labute approximate surface area is 142 Å². The Balaban J connectivity index is 2.25. The van der Waals surface area contributed by atoms with Gasteiger partial charge in [0.2, 0.25) is 12.5 Å². The zero-order chi connectivity index (χ0) is 18.6. The van der Waals surface area contributed by atoms with Crippen molar-refractivity contribution in [1.82, 2.24) is 0 Å². The van der Waals surface area contributed by atoms with Gasteiger partial charge in [-0.1, -0.05) is 6.07 Å². The molecular formula is C15H19NO9. The van der Waals surface area contributed by atoms with E-state index in [2.05, 4.69) is 0 Å². The summed E-state index contributed by atoms with van der Waals surface area (Å²) in [6, 6.07) is 4.47. The first-order chi connectivity index (χ1) is 11.9. The van der Waals surface area contributed by atoms with Crippen molar-refractivity contribution in [1.29, 1.82) is 0 Å². The van der Waals surface area contributed by atoms with Crippen LogP contribution in [0.5, 0.6) is 11.5 Å². The van der Waals surface area contributed by atoms with Gasteiger partial charge in [-0.15, -0.1) is 0 Å². The van der Waals surface area contributed by atoms with Gasteiger partial charge in [0.1, 0.15) is 24.4 Å². The number of ether oxygens (including phenoxy) is 3. The van der Waals surface area contributed by atoms with Crippen LogP contribution in [0.2, 0.25) is 0 Å². The molecule has 1 saturated heterocycles. The van der Waals surface area contributed by atoms with Gasteiger partial charge in [0.15, 0.2) is 11.5 Å². The van der Waals surface area contributed by atoms with Crippen LogP contribution in [-0.2, 0) is 4.74 Å². The summed E-state index contributed by atoms with van der Waals surface area (Å²) in [6.45, 7) is -0.590. The fourth-order valence-electron chi connectivity index (χ4n) is 2.33. The average molecular weight is 357 g/mol. The summed E-state index contributed by atoms with van der Waals surface area (Å²) >= 11 is 0. The summed E-state index contributed by atoms with van der Waals surface area (Å²) in [5, 5.41) is 49.1. The van der Waals surface area contributed by atoms with E-state index < -0.39 is 42.2 Å². The number of benzene rings is 1. The van der Waals surface area contributed by atoms with Crippen LogP contribution in [-0.4, -0.2) is 69.8 Å². The second kappa shape index (κ2) is 8.23. The molecule has 0 spiro atoms. The Kier molecular flexibility index (Phi) is 6.28. The lowest BCUT2D eigenvalue weighted by molar-refractivity contribution is -0.400. The van der Waals surface area contributed by atoms with Gasteiger partial charge in [-0.3, -0.25) is 10.1 Å². The minimum absolute atomic E-state index is 0.0947. The molecule has 0 aromatic heterocycles. The van der Waals surface area contributed by atoms with Crippen LogP contribution in [0.25, 0.3) is 6.08 Å². The molecule has 0 aliphatic carbocycles. The number of aliphatic hydroxyl groups is 4. The zero-order valence-corrected chi connectivity index (χ0v) is 13.3. The van der Waals surface area contributed by atoms with E-state index in [9.17, 15) is 30.5 Å². The SMILES string of the molecule is COc1ccc(C=C[N+](=O)[O-])cc1OC1OC(CO)C(O)C(O)C1O. The van der Waals surface area contributed by atoms with Crippen LogP contribution < -0.4 is 9.47 Å². The molecule has 1 heterocycles. The maximum Gasteiger partial charge on any atom is 0.235 e. The van der Waals surface area contributed by atoms with Crippen molar-refractivity contribution in [2.24, 2.45) is 0 Å². The maximum atomic E-state index is 10.4. The molecule has 0 bridgehead atoms. The molecule has 138 valence electrons. The number of rotatable bonds is 6. The van der Waals surface area contributed by atoms with E-state index in [1.165, 1.54) is 25.3 Å². The molecule has 25 heavy (non-hydrogen) atoms. The number of aliphatic hydroxyl groups excluding tert-OH is 4. The molecule has 10 heteroatoms. The first kappa shape index (κ1) is 19.1. The number of hydrogen-bond acceptors (Lipinski definition) is 9. The van der Waals surface area contributed by atoms with E-state index >= 15 is 0 Å². The van der Waals surface area contributed by atoms with Gasteiger partial charge in [0.05, 0.1) is 18.6 Å². The molecule has 1 fully saturated rings. The van der Waals surface area contributed by atoms with Crippen LogP contribution in [0.3, 0.4) is 0 Å². The fraction of sp³-hybridized carbons (Fsp3) is 0.467. The van der Waals surface area contributed by atoms with Crippen molar-refractivity contribution < 1.29 is 39.6 Å². The molecule has 1 aromatic carbocycles. The minimum atomic E-state index is -1.58. The van der Waals surface area contributed by atoms with Gasteiger partial charge >= 0.3 is 0 Å². The molecule has 1 aromatic rings. The predicted octanol–water partition coefficient (Wildman–Crippen LogP) is -0.879. The summed E-state index contributed by atoms with van der Waals surface area (Å²) in [6.07, 6.45) is -5.19. The minimum Gasteiger partial charge on any atom is -0.493 e. The van der Waals surface area contributed by atoms with Gasteiger partial charge in [-0.25, -0.2) is 0 Å². The van der Waals surface area contributed by atoms with Crippen LogP contribution in [0.4, 0.5) is 0 Å². The quantitative estimate of drug-likeness (QED) is 0.376. The lowest BCUT2D eigenvalue weighted by Crippen LogP contribution is -2.60. The average Bonchev–Trinajstić information content (AvgIpc) is 2.60. The van der Waals surface area contributed by atoms with Crippen LogP contribution in [0.1, 0.15) is 5.56 Å². The van der Waals surface area contributed by atoms with E-state index in [-0.39, 0.29) is 11.5 Å². The lowest BCUT2D eigenvalue weighted by Gasteiger charge is -2.39. The fourth-order valence-corrected chi connectivity index (χ4v) is 2.33. The molecule has 5 atom stereocenters. The molecule has 0 amide bonds. The van der Waals surface area contributed by atoms with E-state index in [1.807, 2.05) is 0 Å². The largest absolute Gasteiger partial charge is 0.493 e. The van der Waals surface area contributed by atoms with Crippen LogP contribution in [0, 0.1) is 10.1 Å². The highest BCUT2D eigenvalue weighted by atomic mass is 16.7. The molecular weight excluding hydrogens is 338 g/mol. The standard InChI is InChI=1S/C15H19NO9/c1-23-9-3-2-8(4-5-16(21)22)6-10(9)24-15-14(20)13(19)12(18)11(7-17)25-15/h2-6,11-15,17-20H,7H2,1H3. The summed E-state index contributed by atoms with van der Waals surface area (Å²) < 4.78 is 15.9. The predicted molar refractivity (Wildman–Crippen MR) is 83.4 cm³/mol. The smallest absolute Gasteiger partial charge is 0.235 e. The summed E-state index contributed by atoms with van der Waals surface area (Å²) in [5.41, 5.74) is 0.428. The Morgan fingerprint density at radius 1 is 1.24 bits per heavy atom. The number of nitro groups is 1. The third-order valence-corrected chi connectivity index (χ3v) is 3.67. The van der Waals surface area contributed by atoms with Crippen LogP contribution >= 0.6 is 0 Å². The summed E-state index contributed by atoms with van der Waals surface area (Å²) in [7, 11) is 1.38. The van der Waals surface area contributed by atoms with Crippen LogP contribution in [0.15, 0.2) is 24.4 Å². The molecule has 2 rings (SSSR count). The third-order valence-electron chi connectivity index (χ3n) is 3.67. The van der Waals surface area contributed by atoms with Gasteiger partial charge < -0.3 is 34.6 Å². The van der Waals surface area contributed by atoms with Gasteiger partial charge in [0.25, 0.3) is 0 Å². The maximum absolute atomic E-state index is 10.4. The Morgan fingerprint density at radius 3 is 2.56 bits per heavy atom. The first-order valence-electron chi connectivity index (χ1n) is 7.34. The zero-order valence-electron chi connectivity index (χ0n) is 13.3. The van der Waals surface area contributed by atoms with Gasteiger partial charge in [-0.2, -0.15) is 0 Å². The van der Waals surface area contributed by atoms with Crippen molar-refractivity contribution in [2.45, 2.75) is 30.7 Å². The Hall–Kier alpha value is -2.24. The highest BCUT2D eigenvalue weighted by Crippen LogP contribution is 2.32. The van der Waals surface area contributed by atoms with Gasteiger partial charge in [0, 0.05) is 6.08 Å². The van der Waals surface area contributed by atoms with Crippen molar-refractivity contribution in [3.63, 3.8) is 0 Å². The van der Waals surface area contributed by atoms with E-state index in [4.69, 9.17) is 14.2 Å². The van der Waals surface area contributed by atoms with Crippen molar-refractivity contribution in [2.75, 3.05) is 13.7 Å². The second-order valence-corrected chi connectivity index (χ2v) is 5.33. The van der Waals surface area contributed by atoms with Gasteiger partial charge in [-0.05, 0) is 17.7 Å². The van der Waals surface area contributed by atoms with E-state index in [0.717, 1.165) is 6.20 Å². The monoisotopic (exact) mass is 357 g/mol. The van der Waals surface area contributed by atoms with E-state index in [0.29, 0.717) is 5.56 Å². The summed E-state index contributed by atoms with van der Waals surface area (Å²) in [4.78, 5) is 9.79. The second-order valence-electron chi connectivity index (χ2n) is 5.33. The van der Waals surface area contributed by atoms with E-state index in [1.54, 1.807) is 6.07 Å². The molecule has 1 aliphatic rings. The van der Waals surface area contributed by atoms with Crippen molar-refractivity contribution in [3.8, 4) is 11.5 Å². The Morgan fingerprint density at radius 2 is 1.96 bits per heavy atom. The number of methoxy groups -OCH3 is 1.